The third-order valence-electron chi connectivity index (χ3n) is 3.93. The van der Waals surface area contributed by atoms with E-state index in [2.05, 4.69) is 61.6 Å². The molecule has 0 aromatic heterocycles. The highest BCUT2D eigenvalue weighted by molar-refractivity contribution is 5.08. The van der Waals surface area contributed by atoms with Gasteiger partial charge in [-0.1, -0.05) is 32.1 Å². The molecule has 0 bridgehead atoms. The number of hydrogen-bond donors (Lipinski definition) is 1. The van der Waals surface area contributed by atoms with E-state index in [1.54, 1.807) is 0 Å². The SMILES string of the molecule is CC(C)NCCCCCN1CCN(CC#CC(C)(C)C)CC1. The van der Waals surface area contributed by atoms with Crippen LogP contribution < -0.4 is 5.32 Å². The predicted octanol–water partition coefficient (Wildman–Crippen LogP) is 2.82. The quantitative estimate of drug-likeness (QED) is 0.549. The maximum Gasteiger partial charge on any atom is 0.0602 e. The van der Waals surface area contributed by atoms with Crippen LogP contribution in [0.4, 0.5) is 0 Å². The summed E-state index contributed by atoms with van der Waals surface area (Å²) in [6.07, 6.45) is 3.99. The van der Waals surface area contributed by atoms with Crippen LogP contribution in [0.25, 0.3) is 0 Å². The Morgan fingerprint density at radius 1 is 0.955 bits per heavy atom. The molecule has 1 saturated heterocycles. The monoisotopic (exact) mass is 307 g/mol. The van der Waals surface area contributed by atoms with Crippen LogP contribution in [-0.4, -0.2) is 61.7 Å². The molecule has 0 aliphatic carbocycles. The van der Waals surface area contributed by atoms with Gasteiger partial charge in [0, 0.05) is 37.6 Å². The van der Waals surface area contributed by atoms with Crippen molar-refractivity contribution in [1.29, 1.82) is 0 Å². The van der Waals surface area contributed by atoms with Gasteiger partial charge in [-0.25, -0.2) is 0 Å². The largest absolute Gasteiger partial charge is 0.315 e. The van der Waals surface area contributed by atoms with Crippen molar-refractivity contribution < 1.29 is 0 Å². The lowest BCUT2D eigenvalue weighted by atomic mass is 9.98. The zero-order valence-electron chi connectivity index (χ0n) is 15.5. The Morgan fingerprint density at radius 3 is 2.18 bits per heavy atom. The van der Waals surface area contributed by atoms with Crippen LogP contribution in [0, 0.1) is 17.3 Å². The third kappa shape index (κ3) is 10.2. The van der Waals surface area contributed by atoms with Crippen molar-refractivity contribution in [3.8, 4) is 11.8 Å². The molecule has 1 rings (SSSR count). The van der Waals surface area contributed by atoms with Crippen LogP contribution >= 0.6 is 0 Å². The van der Waals surface area contributed by atoms with Gasteiger partial charge in [0.1, 0.15) is 0 Å². The topological polar surface area (TPSA) is 18.5 Å². The van der Waals surface area contributed by atoms with Gasteiger partial charge < -0.3 is 10.2 Å². The summed E-state index contributed by atoms with van der Waals surface area (Å²) in [5.41, 5.74) is 0.131. The van der Waals surface area contributed by atoms with E-state index in [0.717, 1.165) is 13.1 Å². The van der Waals surface area contributed by atoms with Crippen molar-refractivity contribution in [2.24, 2.45) is 5.41 Å². The van der Waals surface area contributed by atoms with Crippen LogP contribution in [0.5, 0.6) is 0 Å². The summed E-state index contributed by atoms with van der Waals surface area (Å²) < 4.78 is 0. The maximum atomic E-state index is 3.49. The highest BCUT2D eigenvalue weighted by Gasteiger charge is 2.15. The highest BCUT2D eigenvalue weighted by atomic mass is 15.3. The molecule has 0 spiro atoms. The van der Waals surface area contributed by atoms with Gasteiger partial charge in [-0.2, -0.15) is 0 Å². The number of rotatable bonds is 8. The van der Waals surface area contributed by atoms with Gasteiger partial charge in [-0.3, -0.25) is 4.90 Å². The van der Waals surface area contributed by atoms with Crippen molar-refractivity contribution in [2.75, 3.05) is 45.8 Å². The molecule has 0 aromatic carbocycles. The third-order valence-corrected chi connectivity index (χ3v) is 3.93. The molecule has 0 atom stereocenters. The van der Waals surface area contributed by atoms with Gasteiger partial charge in [0.05, 0.1) is 6.54 Å². The molecule has 128 valence electrons. The van der Waals surface area contributed by atoms with E-state index in [4.69, 9.17) is 0 Å². The number of nitrogens with one attached hydrogen (secondary N) is 1. The summed E-state index contributed by atoms with van der Waals surface area (Å²) in [7, 11) is 0. The van der Waals surface area contributed by atoms with Gasteiger partial charge in [-0.05, 0) is 46.7 Å². The fraction of sp³-hybridized carbons (Fsp3) is 0.895. The van der Waals surface area contributed by atoms with E-state index in [1.807, 2.05) is 0 Å². The van der Waals surface area contributed by atoms with E-state index in [0.29, 0.717) is 6.04 Å². The van der Waals surface area contributed by atoms with Gasteiger partial charge in [0.25, 0.3) is 0 Å². The molecule has 1 N–H and O–H groups in total. The highest BCUT2D eigenvalue weighted by Crippen LogP contribution is 2.10. The van der Waals surface area contributed by atoms with Crippen molar-refractivity contribution in [3.63, 3.8) is 0 Å². The summed E-state index contributed by atoms with van der Waals surface area (Å²) in [4.78, 5) is 5.10. The molecule has 3 heteroatoms. The molecule has 1 fully saturated rings. The second-order valence-corrected chi connectivity index (χ2v) is 7.84. The molecular weight excluding hydrogens is 270 g/mol. The molecule has 22 heavy (non-hydrogen) atoms. The van der Waals surface area contributed by atoms with E-state index >= 15 is 0 Å². The summed E-state index contributed by atoms with van der Waals surface area (Å²) in [6, 6.07) is 0.620. The van der Waals surface area contributed by atoms with E-state index in [9.17, 15) is 0 Å². The van der Waals surface area contributed by atoms with Crippen LogP contribution in [0.1, 0.15) is 53.9 Å². The molecule has 1 heterocycles. The molecular formula is C19H37N3. The molecule has 0 amide bonds. The Bertz CT molecular complexity index is 338. The van der Waals surface area contributed by atoms with Gasteiger partial charge in [-0.15, -0.1) is 0 Å². The minimum Gasteiger partial charge on any atom is -0.315 e. The number of nitrogens with zero attached hydrogens (tertiary/aromatic N) is 2. The normalized spacial score (nSPS) is 17.5. The summed E-state index contributed by atoms with van der Waals surface area (Å²) >= 11 is 0. The Morgan fingerprint density at radius 2 is 1.59 bits per heavy atom. The second kappa shape index (κ2) is 10.3. The Labute approximate surface area is 138 Å². The number of piperazine rings is 1. The molecule has 3 nitrogen and oxygen atoms in total. The summed E-state index contributed by atoms with van der Waals surface area (Å²) in [5.74, 6) is 6.67. The second-order valence-electron chi connectivity index (χ2n) is 7.84. The zero-order chi connectivity index (χ0) is 16.4. The lowest BCUT2D eigenvalue weighted by Gasteiger charge is -2.33. The molecule has 0 radical (unpaired) electrons. The summed E-state index contributed by atoms with van der Waals surface area (Å²) in [5, 5.41) is 3.49. The van der Waals surface area contributed by atoms with Gasteiger partial charge >= 0.3 is 0 Å². The Hall–Kier alpha value is -0.560. The Balaban J connectivity index is 2.04. The number of unbranched alkanes of at least 4 members (excludes halogenated alkanes) is 2. The first-order valence-electron chi connectivity index (χ1n) is 9.05. The molecule has 0 saturated carbocycles. The first-order chi connectivity index (χ1) is 10.4. The summed E-state index contributed by atoms with van der Waals surface area (Å²) in [6.45, 7) is 19.1. The van der Waals surface area contributed by atoms with Crippen LogP contribution in [-0.2, 0) is 0 Å². The van der Waals surface area contributed by atoms with Crippen LogP contribution in [0.3, 0.4) is 0 Å². The van der Waals surface area contributed by atoms with Crippen LogP contribution in [0.2, 0.25) is 0 Å². The van der Waals surface area contributed by atoms with Crippen molar-refractivity contribution in [2.45, 2.75) is 59.9 Å². The zero-order valence-corrected chi connectivity index (χ0v) is 15.5. The lowest BCUT2D eigenvalue weighted by Crippen LogP contribution is -2.46. The van der Waals surface area contributed by atoms with Crippen LogP contribution in [0.15, 0.2) is 0 Å². The minimum absolute atomic E-state index is 0.131. The minimum atomic E-state index is 0.131. The first kappa shape index (κ1) is 19.5. The van der Waals surface area contributed by atoms with Gasteiger partial charge in [0.2, 0.25) is 0 Å². The Kier molecular flexibility index (Phi) is 9.09. The fourth-order valence-electron chi connectivity index (χ4n) is 2.62. The molecule has 1 aliphatic rings. The van der Waals surface area contributed by atoms with E-state index in [-0.39, 0.29) is 5.41 Å². The van der Waals surface area contributed by atoms with Crippen molar-refractivity contribution >= 4 is 0 Å². The maximum absolute atomic E-state index is 3.49. The standard InChI is InChI=1S/C19H37N3/c1-18(2)20-11-7-6-8-12-21-14-16-22(17-15-21)13-9-10-19(3,4)5/h18,20H,6-8,11-17H2,1-5H3. The smallest absolute Gasteiger partial charge is 0.0602 e. The fourth-order valence-corrected chi connectivity index (χ4v) is 2.62. The van der Waals surface area contributed by atoms with E-state index in [1.165, 1.54) is 52.0 Å². The average Bonchev–Trinajstić information content (AvgIpc) is 2.42. The molecule has 0 unspecified atom stereocenters. The molecule has 0 aromatic rings. The van der Waals surface area contributed by atoms with Crippen molar-refractivity contribution in [1.82, 2.24) is 15.1 Å². The molecule has 1 aliphatic heterocycles. The first-order valence-corrected chi connectivity index (χ1v) is 9.05. The predicted molar refractivity (Wildman–Crippen MR) is 97.1 cm³/mol. The average molecular weight is 308 g/mol. The van der Waals surface area contributed by atoms with Gasteiger partial charge in [0.15, 0.2) is 0 Å². The lowest BCUT2D eigenvalue weighted by molar-refractivity contribution is 0.142. The number of hydrogen-bond acceptors (Lipinski definition) is 3. The van der Waals surface area contributed by atoms with E-state index < -0.39 is 0 Å². The van der Waals surface area contributed by atoms with Crippen molar-refractivity contribution in [3.05, 3.63) is 0 Å².